The minimum absolute atomic E-state index is 0.474. The Kier molecular flexibility index (Phi) is 9.54. The Bertz CT molecular complexity index is 1150. The van der Waals surface area contributed by atoms with Gasteiger partial charge in [0.25, 0.3) is 0 Å². The highest BCUT2D eigenvalue weighted by Gasteiger charge is 2.49. The van der Waals surface area contributed by atoms with Crippen LogP contribution < -0.4 is 15.6 Å². The van der Waals surface area contributed by atoms with Crippen LogP contribution in [0.1, 0.15) is 88.8 Å². The summed E-state index contributed by atoms with van der Waals surface area (Å²) in [5.74, 6) is 0.474. The van der Waals surface area contributed by atoms with Gasteiger partial charge in [0.1, 0.15) is 0 Å². The van der Waals surface area contributed by atoms with Gasteiger partial charge in [-0.15, -0.1) is 0 Å². The lowest BCUT2D eigenvalue weighted by Crippen LogP contribution is -2.71. The van der Waals surface area contributed by atoms with Crippen molar-refractivity contribution in [2.45, 2.75) is 93.9 Å². The van der Waals surface area contributed by atoms with Crippen LogP contribution in [0.25, 0.3) is 0 Å². The van der Waals surface area contributed by atoms with E-state index in [1.54, 1.807) is 21.1 Å². The highest BCUT2D eigenvalue weighted by molar-refractivity contribution is 7.16. The molecule has 4 rings (SSSR count). The van der Waals surface area contributed by atoms with Gasteiger partial charge in [0.15, 0.2) is 8.07 Å². The number of allylic oxidation sites excluding steroid dienone is 4. The molecule has 1 heteroatoms. The van der Waals surface area contributed by atoms with Crippen LogP contribution >= 0.6 is 0 Å². The molecule has 0 bridgehead atoms. The van der Waals surface area contributed by atoms with Gasteiger partial charge in [-0.25, -0.2) is 0 Å². The molecule has 0 aromatic heterocycles. The van der Waals surface area contributed by atoms with E-state index >= 15 is 0 Å². The van der Waals surface area contributed by atoms with Crippen molar-refractivity contribution < 1.29 is 0 Å². The number of aryl methyl sites for hydroxylation is 6. The lowest BCUT2D eigenvalue weighted by Gasteiger charge is -2.41. The van der Waals surface area contributed by atoms with Gasteiger partial charge in [0, 0.05) is 5.54 Å². The van der Waals surface area contributed by atoms with E-state index in [2.05, 4.69) is 128 Å². The third-order valence-electron chi connectivity index (χ3n) is 8.78. The third kappa shape index (κ3) is 5.66. The second-order valence-electron chi connectivity index (χ2n) is 11.5. The summed E-state index contributed by atoms with van der Waals surface area (Å²) in [6, 6.07) is 22.8. The smallest absolute Gasteiger partial charge is 0.0750 e. The summed E-state index contributed by atoms with van der Waals surface area (Å²) in [4.78, 5) is 0. The standard InChI is InChI=1S/C38H49Si/c1-9-28-18-29(10-2)22-34(21-28)39(38-17-15-16-37(38)27(7)8,35-23-30(11-3)19-31(12-4)24-35)36-25-32(13-5)20-33(14-6)26-36/h15-27H,9-14H2,1-8H3. The summed E-state index contributed by atoms with van der Waals surface area (Å²) < 4.78 is 0. The van der Waals surface area contributed by atoms with E-state index in [1.807, 2.05) is 0 Å². The SMILES string of the molecule is CCc1cc(CC)cc([Si]([C]2C=CC=C2C(C)C)(c2cc(CC)cc(CC)c2)c2cc(CC)cc(CC)c2)c1. The molecule has 0 saturated heterocycles. The molecule has 205 valence electrons. The third-order valence-corrected chi connectivity index (χ3v) is 13.5. The van der Waals surface area contributed by atoms with E-state index in [4.69, 9.17) is 0 Å². The second kappa shape index (κ2) is 12.7. The van der Waals surface area contributed by atoms with E-state index < -0.39 is 8.07 Å². The lowest BCUT2D eigenvalue weighted by atomic mass is 10.0. The first kappa shape index (κ1) is 29.3. The number of benzene rings is 3. The Hall–Kier alpha value is -2.64. The van der Waals surface area contributed by atoms with Gasteiger partial charge in [0.2, 0.25) is 0 Å². The fourth-order valence-corrected chi connectivity index (χ4v) is 11.9. The molecule has 0 nitrogen and oxygen atoms in total. The average Bonchev–Trinajstić information content (AvgIpc) is 3.47. The van der Waals surface area contributed by atoms with Crippen molar-refractivity contribution in [1.29, 1.82) is 0 Å². The first-order chi connectivity index (χ1) is 18.8. The van der Waals surface area contributed by atoms with Crippen LogP contribution in [0.2, 0.25) is 0 Å². The summed E-state index contributed by atoms with van der Waals surface area (Å²) in [7, 11) is -2.64. The van der Waals surface area contributed by atoms with E-state index in [0.717, 1.165) is 38.5 Å². The van der Waals surface area contributed by atoms with Crippen LogP contribution in [0.5, 0.6) is 0 Å². The molecule has 0 saturated carbocycles. The largest absolute Gasteiger partial charge is 0.163 e. The Morgan fingerprint density at radius 3 is 1.05 bits per heavy atom. The quantitative estimate of drug-likeness (QED) is 0.174. The van der Waals surface area contributed by atoms with Crippen molar-refractivity contribution in [2.24, 2.45) is 5.92 Å². The van der Waals surface area contributed by atoms with Crippen molar-refractivity contribution in [3.63, 3.8) is 0 Å². The molecule has 0 aliphatic heterocycles. The number of hydrogen-bond acceptors (Lipinski definition) is 0. The molecular formula is C38H49Si. The molecule has 0 amide bonds. The van der Waals surface area contributed by atoms with E-state index in [-0.39, 0.29) is 0 Å². The van der Waals surface area contributed by atoms with Gasteiger partial charge >= 0.3 is 0 Å². The van der Waals surface area contributed by atoms with Gasteiger partial charge in [-0.05, 0) is 93.4 Å². The van der Waals surface area contributed by atoms with Crippen molar-refractivity contribution >= 4 is 23.6 Å². The predicted octanol–water partition coefficient (Wildman–Crippen LogP) is 7.80. The van der Waals surface area contributed by atoms with Crippen LogP contribution in [-0.4, -0.2) is 8.07 Å². The maximum absolute atomic E-state index is 2.64. The van der Waals surface area contributed by atoms with Crippen molar-refractivity contribution in [3.05, 3.63) is 117 Å². The van der Waals surface area contributed by atoms with Crippen LogP contribution in [-0.2, 0) is 38.5 Å². The molecule has 0 atom stereocenters. The molecule has 1 radical (unpaired) electrons. The summed E-state index contributed by atoms with van der Waals surface area (Å²) in [5.41, 5.74) is 11.9. The summed E-state index contributed by atoms with van der Waals surface area (Å²) >= 11 is 0. The van der Waals surface area contributed by atoms with Crippen LogP contribution in [0, 0.1) is 11.5 Å². The predicted molar refractivity (Wildman–Crippen MR) is 176 cm³/mol. The Morgan fingerprint density at radius 1 is 0.487 bits per heavy atom. The summed E-state index contributed by atoms with van der Waals surface area (Å²) in [5, 5.41) is 4.66. The lowest BCUT2D eigenvalue weighted by molar-refractivity contribution is 0.777. The highest BCUT2D eigenvalue weighted by Crippen LogP contribution is 2.37. The number of rotatable bonds is 11. The van der Waals surface area contributed by atoms with Gasteiger partial charge in [-0.2, -0.15) is 0 Å². The first-order valence-corrected chi connectivity index (χ1v) is 17.5. The van der Waals surface area contributed by atoms with Gasteiger partial charge in [-0.1, -0.05) is 134 Å². The van der Waals surface area contributed by atoms with E-state index in [9.17, 15) is 0 Å². The first-order valence-electron chi connectivity index (χ1n) is 15.5. The topological polar surface area (TPSA) is 0 Å². The zero-order valence-corrected chi connectivity index (χ0v) is 26.7. The molecule has 0 unspecified atom stereocenters. The number of hydrogen-bond donors (Lipinski definition) is 0. The van der Waals surface area contributed by atoms with E-state index in [0.29, 0.717) is 5.92 Å². The van der Waals surface area contributed by atoms with Gasteiger partial charge in [-0.3, -0.25) is 0 Å². The zero-order valence-electron chi connectivity index (χ0n) is 25.7. The summed E-state index contributed by atoms with van der Waals surface area (Å²) in [6.45, 7) is 18.6. The molecule has 0 N–H and O–H groups in total. The van der Waals surface area contributed by atoms with Crippen LogP contribution in [0.4, 0.5) is 0 Å². The van der Waals surface area contributed by atoms with Crippen molar-refractivity contribution in [2.75, 3.05) is 0 Å². The zero-order chi connectivity index (χ0) is 28.2. The van der Waals surface area contributed by atoms with Gasteiger partial charge in [0.05, 0.1) is 0 Å². The molecule has 0 heterocycles. The maximum Gasteiger partial charge on any atom is 0.163 e. The molecular weight excluding hydrogens is 485 g/mol. The minimum atomic E-state index is -2.64. The fraction of sp³-hybridized carbons (Fsp3) is 0.395. The molecule has 3 aromatic rings. The van der Waals surface area contributed by atoms with E-state index in [1.165, 1.54) is 39.0 Å². The van der Waals surface area contributed by atoms with Crippen LogP contribution in [0.3, 0.4) is 0 Å². The normalized spacial score (nSPS) is 13.9. The molecule has 1 aliphatic carbocycles. The van der Waals surface area contributed by atoms with Crippen molar-refractivity contribution in [1.82, 2.24) is 0 Å². The maximum atomic E-state index is 2.58. The minimum Gasteiger partial charge on any atom is -0.0750 e. The monoisotopic (exact) mass is 533 g/mol. The van der Waals surface area contributed by atoms with Crippen LogP contribution in [0.15, 0.2) is 78.4 Å². The molecule has 3 aromatic carbocycles. The fourth-order valence-electron chi connectivity index (χ4n) is 6.41. The Morgan fingerprint density at radius 2 is 0.795 bits per heavy atom. The van der Waals surface area contributed by atoms with Crippen molar-refractivity contribution in [3.8, 4) is 0 Å². The molecule has 39 heavy (non-hydrogen) atoms. The molecule has 0 spiro atoms. The molecule has 1 aliphatic rings. The van der Waals surface area contributed by atoms with Gasteiger partial charge < -0.3 is 0 Å². The Labute approximate surface area is 240 Å². The molecule has 0 fully saturated rings. The Balaban J connectivity index is 2.25. The average molecular weight is 534 g/mol. The second-order valence-corrected chi connectivity index (χ2v) is 15.3. The highest BCUT2D eigenvalue weighted by atomic mass is 28.3. The summed E-state index contributed by atoms with van der Waals surface area (Å²) in [6.07, 6.45) is 13.6.